The van der Waals surface area contributed by atoms with Crippen molar-refractivity contribution in [1.82, 2.24) is 5.32 Å². The quantitative estimate of drug-likeness (QED) is 0.349. The molecule has 1 heterocycles. The first kappa shape index (κ1) is 21.5. The average Bonchev–Trinajstić information content (AvgIpc) is 2.55. The molecule has 0 bridgehead atoms. The van der Waals surface area contributed by atoms with E-state index in [0.717, 1.165) is 11.1 Å². The van der Waals surface area contributed by atoms with Gasteiger partial charge in [-0.2, -0.15) is 0 Å². The number of nitrogens with one attached hydrogen (secondary N) is 1. The van der Waals surface area contributed by atoms with Gasteiger partial charge in [-0.15, -0.1) is 0 Å². The van der Waals surface area contributed by atoms with Gasteiger partial charge in [-0.25, -0.2) is 9.59 Å². The Hall–Kier alpha value is -2.83. The average molecular weight is 389 g/mol. The van der Waals surface area contributed by atoms with Gasteiger partial charge in [-0.1, -0.05) is 6.92 Å². The molecule has 28 heavy (non-hydrogen) atoms. The Balaban J connectivity index is 2.01. The number of hydrogen-bond donors (Lipinski definition) is 1. The lowest BCUT2D eigenvalue weighted by atomic mass is 10.0. The number of hydrogen-bond acceptors (Lipinski definition) is 6. The van der Waals surface area contributed by atoms with E-state index in [2.05, 4.69) is 5.32 Å². The van der Waals surface area contributed by atoms with E-state index in [1.165, 1.54) is 6.07 Å². The highest BCUT2D eigenvalue weighted by Crippen LogP contribution is 2.30. The Labute approximate surface area is 164 Å². The maximum absolute atomic E-state index is 12.2. The van der Waals surface area contributed by atoms with Crippen LogP contribution in [0.5, 0.6) is 5.75 Å². The molecule has 0 aliphatic rings. The van der Waals surface area contributed by atoms with Crippen LogP contribution in [0.4, 0.5) is 4.79 Å². The number of ether oxygens (including phenoxy) is 2. The highest BCUT2D eigenvalue weighted by atomic mass is 16.6. The standard InChI is InChI=1S/C21H27NO6/c1-6-14-12-18(24)27-16-11-13(2)10-15(19(14)16)26-17(23)8-7-9-22-20(25)28-21(3,4)5/h10-12H,6-9H2,1-5H3,(H,22,25). The molecule has 7 nitrogen and oxygen atoms in total. The zero-order valence-corrected chi connectivity index (χ0v) is 17.0. The second-order valence-electron chi connectivity index (χ2n) is 7.59. The first-order chi connectivity index (χ1) is 13.1. The van der Waals surface area contributed by atoms with Crippen molar-refractivity contribution >= 4 is 23.0 Å². The van der Waals surface area contributed by atoms with Crippen LogP contribution in [0.1, 0.15) is 51.7 Å². The summed E-state index contributed by atoms with van der Waals surface area (Å²) >= 11 is 0. The molecule has 0 unspecified atom stereocenters. The number of carbonyl (C=O) groups excluding carboxylic acids is 2. The van der Waals surface area contributed by atoms with Crippen LogP contribution >= 0.6 is 0 Å². The minimum Gasteiger partial charge on any atom is -0.444 e. The summed E-state index contributed by atoms with van der Waals surface area (Å²) in [4.78, 5) is 35.5. The van der Waals surface area contributed by atoms with Crippen molar-refractivity contribution < 1.29 is 23.5 Å². The number of amides is 1. The predicted molar refractivity (Wildman–Crippen MR) is 106 cm³/mol. The molecule has 0 spiro atoms. The molecule has 0 aliphatic heterocycles. The lowest BCUT2D eigenvalue weighted by Crippen LogP contribution is -2.33. The smallest absolute Gasteiger partial charge is 0.407 e. The lowest BCUT2D eigenvalue weighted by Gasteiger charge is -2.19. The summed E-state index contributed by atoms with van der Waals surface area (Å²) < 4.78 is 15.9. The van der Waals surface area contributed by atoms with Gasteiger partial charge in [-0.3, -0.25) is 4.79 Å². The van der Waals surface area contributed by atoms with Crippen molar-refractivity contribution in [3.05, 3.63) is 39.7 Å². The Morgan fingerprint density at radius 3 is 2.54 bits per heavy atom. The SMILES string of the molecule is CCc1cc(=O)oc2cc(C)cc(OC(=O)CCCNC(=O)OC(C)(C)C)c12. The predicted octanol–water partition coefficient (Wildman–Crippen LogP) is 3.87. The second kappa shape index (κ2) is 8.91. The first-order valence-electron chi connectivity index (χ1n) is 9.34. The summed E-state index contributed by atoms with van der Waals surface area (Å²) in [5.41, 5.74) is 0.986. The van der Waals surface area contributed by atoms with Crippen molar-refractivity contribution in [1.29, 1.82) is 0 Å². The minimum absolute atomic E-state index is 0.128. The summed E-state index contributed by atoms with van der Waals surface area (Å²) in [7, 11) is 0. The number of alkyl carbamates (subject to hydrolysis) is 1. The Kier molecular flexibility index (Phi) is 6.83. The molecule has 2 rings (SSSR count). The third-order valence-electron chi connectivity index (χ3n) is 3.86. The van der Waals surface area contributed by atoms with Crippen LogP contribution in [0.15, 0.2) is 27.4 Å². The van der Waals surface area contributed by atoms with Gasteiger partial charge in [0.15, 0.2) is 0 Å². The van der Waals surface area contributed by atoms with Crippen LogP contribution in [-0.2, 0) is 16.0 Å². The minimum atomic E-state index is -0.568. The molecule has 0 atom stereocenters. The highest BCUT2D eigenvalue weighted by Gasteiger charge is 2.17. The van der Waals surface area contributed by atoms with Crippen LogP contribution in [0.2, 0.25) is 0 Å². The number of benzene rings is 1. The molecule has 1 aromatic heterocycles. The molecule has 0 aliphatic carbocycles. The molecule has 0 fully saturated rings. The first-order valence-corrected chi connectivity index (χ1v) is 9.34. The molecule has 1 amide bonds. The molecular formula is C21H27NO6. The second-order valence-corrected chi connectivity index (χ2v) is 7.59. The normalized spacial score (nSPS) is 11.3. The fraction of sp³-hybridized carbons (Fsp3) is 0.476. The number of rotatable bonds is 6. The molecule has 0 radical (unpaired) electrons. The monoisotopic (exact) mass is 389 g/mol. The summed E-state index contributed by atoms with van der Waals surface area (Å²) in [6, 6.07) is 4.91. The van der Waals surface area contributed by atoms with Crippen molar-refractivity contribution in [3.8, 4) is 5.75 Å². The molecule has 152 valence electrons. The van der Waals surface area contributed by atoms with Crippen LogP contribution in [0, 0.1) is 6.92 Å². The third kappa shape index (κ3) is 6.11. The maximum Gasteiger partial charge on any atom is 0.407 e. The maximum atomic E-state index is 12.2. The van der Waals surface area contributed by atoms with Crippen molar-refractivity contribution in [2.75, 3.05) is 6.54 Å². The van der Waals surface area contributed by atoms with Gasteiger partial charge in [-0.05, 0) is 63.8 Å². The van der Waals surface area contributed by atoms with Crippen LogP contribution < -0.4 is 15.7 Å². The van der Waals surface area contributed by atoms with E-state index in [-0.39, 0.29) is 6.42 Å². The van der Waals surface area contributed by atoms with Crippen molar-refractivity contribution in [2.45, 2.75) is 59.5 Å². The highest BCUT2D eigenvalue weighted by molar-refractivity contribution is 5.90. The summed E-state index contributed by atoms with van der Waals surface area (Å²) in [5, 5.41) is 3.24. The molecule has 7 heteroatoms. The zero-order valence-electron chi connectivity index (χ0n) is 17.0. The lowest BCUT2D eigenvalue weighted by molar-refractivity contribution is -0.134. The number of esters is 1. The zero-order chi connectivity index (χ0) is 20.9. The van der Waals surface area contributed by atoms with Crippen LogP contribution in [-0.4, -0.2) is 24.2 Å². The van der Waals surface area contributed by atoms with E-state index in [4.69, 9.17) is 13.9 Å². The van der Waals surface area contributed by atoms with E-state index in [0.29, 0.717) is 36.1 Å². The van der Waals surface area contributed by atoms with Crippen molar-refractivity contribution in [2.24, 2.45) is 0 Å². The molecular weight excluding hydrogens is 362 g/mol. The van der Waals surface area contributed by atoms with Gasteiger partial charge in [0.1, 0.15) is 16.9 Å². The van der Waals surface area contributed by atoms with E-state index >= 15 is 0 Å². The van der Waals surface area contributed by atoms with E-state index < -0.39 is 23.3 Å². The largest absolute Gasteiger partial charge is 0.444 e. The molecule has 0 saturated heterocycles. The fourth-order valence-electron chi connectivity index (χ4n) is 2.74. The van der Waals surface area contributed by atoms with E-state index in [9.17, 15) is 14.4 Å². The van der Waals surface area contributed by atoms with Crippen LogP contribution in [0.3, 0.4) is 0 Å². The van der Waals surface area contributed by atoms with Gasteiger partial charge >= 0.3 is 17.7 Å². The number of carbonyl (C=O) groups is 2. The van der Waals surface area contributed by atoms with Gasteiger partial charge < -0.3 is 19.2 Å². The number of fused-ring (bicyclic) bond motifs is 1. The van der Waals surface area contributed by atoms with Crippen molar-refractivity contribution in [3.63, 3.8) is 0 Å². The third-order valence-corrected chi connectivity index (χ3v) is 3.86. The van der Waals surface area contributed by atoms with Crippen LogP contribution in [0.25, 0.3) is 11.0 Å². The Morgan fingerprint density at radius 1 is 1.18 bits per heavy atom. The molecule has 2 aromatic rings. The summed E-state index contributed by atoms with van der Waals surface area (Å²) in [6.07, 6.45) is 0.629. The van der Waals surface area contributed by atoms with Gasteiger partial charge in [0.2, 0.25) is 0 Å². The molecule has 1 aromatic carbocycles. The van der Waals surface area contributed by atoms with Gasteiger partial charge in [0, 0.05) is 19.0 Å². The van der Waals surface area contributed by atoms with Gasteiger partial charge in [0.05, 0.1) is 5.39 Å². The Morgan fingerprint density at radius 2 is 1.89 bits per heavy atom. The molecule has 1 N–H and O–H groups in total. The van der Waals surface area contributed by atoms with E-state index in [1.54, 1.807) is 32.9 Å². The Bertz CT molecular complexity index is 923. The molecule has 0 saturated carbocycles. The van der Waals surface area contributed by atoms with E-state index in [1.807, 2.05) is 13.8 Å². The topological polar surface area (TPSA) is 94.8 Å². The summed E-state index contributed by atoms with van der Waals surface area (Å²) in [6.45, 7) is 9.39. The fourth-order valence-corrected chi connectivity index (χ4v) is 2.74. The number of aryl methyl sites for hydroxylation is 2. The summed E-state index contributed by atoms with van der Waals surface area (Å²) in [5.74, 6) is -0.0492. The van der Waals surface area contributed by atoms with Gasteiger partial charge in [0.25, 0.3) is 0 Å².